The van der Waals surface area contributed by atoms with Crippen LogP contribution in [-0.4, -0.2) is 9.97 Å². The molecule has 0 bridgehead atoms. The molecule has 0 unspecified atom stereocenters. The molecule has 0 amide bonds. The van der Waals surface area contributed by atoms with Gasteiger partial charge in [0.2, 0.25) is 0 Å². The highest BCUT2D eigenvalue weighted by atomic mass is 35.5. The highest BCUT2D eigenvalue weighted by Gasteiger charge is 2.04. The van der Waals surface area contributed by atoms with Crippen LogP contribution in [0.5, 0.6) is 0 Å². The molecule has 0 atom stereocenters. The van der Waals surface area contributed by atoms with E-state index >= 15 is 0 Å². The van der Waals surface area contributed by atoms with E-state index in [1.165, 1.54) is 6.07 Å². The lowest BCUT2D eigenvalue weighted by Crippen LogP contribution is -2.12. The smallest absolute Gasteiger partial charge is 0.251 e. The third-order valence-electron chi connectivity index (χ3n) is 2.34. The van der Waals surface area contributed by atoms with Gasteiger partial charge in [0.25, 0.3) is 5.56 Å². The average Bonchev–Trinajstić information content (AvgIpc) is 2.33. The summed E-state index contributed by atoms with van der Waals surface area (Å²) in [6.07, 6.45) is 0.469. The van der Waals surface area contributed by atoms with Gasteiger partial charge in [0.15, 0.2) is 0 Å². The number of nitrogens with one attached hydrogen (secondary N) is 1. The van der Waals surface area contributed by atoms with Gasteiger partial charge in [-0.1, -0.05) is 29.3 Å². The van der Waals surface area contributed by atoms with Crippen LogP contribution in [-0.2, 0) is 12.3 Å². The van der Waals surface area contributed by atoms with Crippen molar-refractivity contribution in [2.75, 3.05) is 0 Å². The summed E-state index contributed by atoms with van der Waals surface area (Å²) in [7, 11) is 0. The van der Waals surface area contributed by atoms with Crippen molar-refractivity contribution in [2.45, 2.75) is 12.3 Å². The SMILES string of the molecule is O=c1cc(CCl)nc(Cc2ccc(Cl)c(Cl)c2)[nH]1. The van der Waals surface area contributed by atoms with Crippen LogP contribution in [0.1, 0.15) is 17.1 Å². The lowest BCUT2D eigenvalue weighted by atomic mass is 10.1. The van der Waals surface area contributed by atoms with Crippen molar-refractivity contribution < 1.29 is 0 Å². The molecular formula is C12H9Cl3N2O. The van der Waals surface area contributed by atoms with Gasteiger partial charge in [0.05, 0.1) is 21.6 Å². The Labute approximate surface area is 119 Å². The molecule has 0 aliphatic heterocycles. The second kappa shape index (κ2) is 5.74. The molecule has 1 N–H and O–H groups in total. The zero-order valence-electron chi connectivity index (χ0n) is 9.21. The van der Waals surface area contributed by atoms with Crippen molar-refractivity contribution in [3.05, 3.63) is 61.7 Å². The third kappa shape index (κ3) is 3.25. The summed E-state index contributed by atoms with van der Waals surface area (Å²) in [6, 6.07) is 6.67. The Kier molecular flexibility index (Phi) is 4.27. The molecule has 6 heteroatoms. The van der Waals surface area contributed by atoms with Gasteiger partial charge < -0.3 is 4.98 Å². The molecule has 3 nitrogen and oxygen atoms in total. The van der Waals surface area contributed by atoms with E-state index in [1.54, 1.807) is 12.1 Å². The first-order valence-electron chi connectivity index (χ1n) is 5.17. The minimum absolute atomic E-state index is 0.207. The Hall–Kier alpha value is -1.03. The van der Waals surface area contributed by atoms with Crippen molar-refractivity contribution in [2.24, 2.45) is 0 Å². The van der Waals surface area contributed by atoms with E-state index < -0.39 is 0 Å². The molecule has 18 heavy (non-hydrogen) atoms. The molecule has 94 valence electrons. The summed E-state index contributed by atoms with van der Waals surface area (Å²) in [5, 5.41) is 0.974. The van der Waals surface area contributed by atoms with E-state index in [-0.39, 0.29) is 11.4 Å². The second-order valence-electron chi connectivity index (χ2n) is 3.74. The number of hydrogen-bond acceptors (Lipinski definition) is 2. The van der Waals surface area contributed by atoms with Crippen molar-refractivity contribution in [3.8, 4) is 0 Å². The number of alkyl halides is 1. The van der Waals surface area contributed by atoms with Gasteiger partial charge in [0, 0.05) is 12.5 Å². The van der Waals surface area contributed by atoms with Crippen LogP contribution in [0.4, 0.5) is 0 Å². The molecule has 1 aromatic heterocycles. The molecule has 0 radical (unpaired) electrons. The molecule has 1 aromatic carbocycles. The van der Waals surface area contributed by atoms with Crippen LogP contribution in [0.25, 0.3) is 0 Å². The number of nitrogens with zero attached hydrogens (tertiary/aromatic N) is 1. The normalized spacial score (nSPS) is 10.6. The number of benzene rings is 1. The minimum atomic E-state index is -0.212. The minimum Gasteiger partial charge on any atom is -0.310 e. The number of hydrogen-bond donors (Lipinski definition) is 1. The van der Waals surface area contributed by atoms with Crippen molar-refractivity contribution in [3.63, 3.8) is 0 Å². The van der Waals surface area contributed by atoms with Gasteiger partial charge in [-0.25, -0.2) is 4.98 Å². The van der Waals surface area contributed by atoms with Gasteiger partial charge in [-0.2, -0.15) is 0 Å². The summed E-state index contributed by atoms with van der Waals surface area (Å²) < 4.78 is 0. The predicted octanol–water partition coefficient (Wildman–Crippen LogP) is 3.41. The summed E-state index contributed by atoms with van der Waals surface area (Å²) >= 11 is 17.4. The zero-order valence-corrected chi connectivity index (χ0v) is 11.5. The summed E-state index contributed by atoms with van der Waals surface area (Å²) in [5.41, 5.74) is 1.26. The fraction of sp³-hybridized carbons (Fsp3) is 0.167. The maximum Gasteiger partial charge on any atom is 0.251 e. The average molecular weight is 304 g/mol. The Morgan fingerprint density at radius 3 is 2.61 bits per heavy atom. The second-order valence-corrected chi connectivity index (χ2v) is 4.82. The van der Waals surface area contributed by atoms with Gasteiger partial charge in [-0.3, -0.25) is 4.79 Å². The number of aromatic nitrogens is 2. The van der Waals surface area contributed by atoms with E-state index in [1.807, 2.05) is 6.07 Å². The summed E-state index contributed by atoms with van der Waals surface area (Å²) in [4.78, 5) is 18.3. The molecule has 0 aliphatic carbocycles. The third-order valence-corrected chi connectivity index (χ3v) is 3.35. The standard InChI is InChI=1S/C12H9Cl3N2O/c13-6-8-5-12(18)17-11(16-8)4-7-1-2-9(14)10(15)3-7/h1-3,5H,4,6H2,(H,16,17,18). The van der Waals surface area contributed by atoms with E-state index in [0.29, 0.717) is 28.0 Å². The van der Waals surface area contributed by atoms with Crippen molar-refractivity contribution in [1.82, 2.24) is 9.97 Å². The monoisotopic (exact) mass is 302 g/mol. The largest absolute Gasteiger partial charge is 0.310 e. The van der Waals surface area contributed by atoms with Crippen molar-refractivity contribution >= 4 is 34.8 Å². The summed E-state index contributed by atoms with van der Waals surface area (Å²) in [5.74, 6) is 0.759. The quantitative estimate of drug-likeness (QED) is 0.883. The topological polar surface area (TPSA) is 45.8 Å². The summed E-state index contributed by atoms with van der Waals surface area (Å²) in [6.45, 7) is 0. The first kappa shape index (κ1) is 13.4. The number of rotatable bonds is 3. The predicted molar refractivity (Wildman–Crippen MR) is 73.7 cm³/mol. The van der Waals surface area contributed by atoms with Crippen molar-refractivity contribution in [1.29, 1.82) is 0 Å². The molecule has 1 heterocycles. The lowest BCUT2D eigenvalue weighted by Gasteiger charge is -2.04. The maximum atomic E-state index is 11.4. The van der Waals surface area contributed by atoms with Crippen LogP contribution >= 0.6 is 34.8 Å². The van der Waals surface area contributed by atoms with Crippen LogP contribution in [0.2, 0.25) is 10.0 Å². The molecular weight excluding hydrogens is 295 g/mol. The van der Waals surface area contributed by atoms with Gasteiger partial charge >= 0.3 is 0 Å². The zero-order chi connectivity index (χ0) is 13.1. The molecule has 2 rings (SSSR count). The molecule has 0 saturated heterocycles. The van der Waals surface area contributed by atoms with E-state index in [9.17, 15) is 4.79 Å². The molecule has 0 saturated carbocycles. The molecule has 2 aromatic rings. The number of halogens is 3. The lowest BCUT2D eigenvalue weighted by molar-refractivity contribution is 0.915. The molecule has 0 fully saturated rings. The Morgan fingerprint density at radius 2 is 1.94 bits per heavy atom. The van der Waals surface area contributed by atoms with Crippen LogP contribution < -0.4 is 5.56 Å². The Balaban J connectivity index is 2.30. The first-order valence-corrected chi connectivity index (χ1v) is 6.46. The Morgan fingerprint density at radius 1 is 1.17 bits per heavy atom. The van der Waals surface area contributed by atoms with Crippen LogP contribution in [0, 0.1) is 0 Å². The highest BCUT2D eigenvalue weighted by Crippen LogP contribution is 2.23. The fourth-order valence-corrected chi connectivity index (χ4v) is 2.02. The molecule has 0 spiro atoms. The van der Waals surface area contributed by atoms with Gasteiger partial charge in [-0.05, 0) is 17.7 Å². The van der Waals surface area contributed by atoms with Crippen LogP contribution in [0.3, 0.4) is 0 Å². The number of aromatic amines is 1. The van der Waals surface area contributed by atoms with E-state index in [0.717, 1.165) is 5.56 Å². The first-order chi connectivity index (χ1) is 8.58. The van der Waals surface area contributed by atoms with Gasteiger partial charge in [0.1, 0.15) is 5.82 Å². The number of H-pyrrole nitrogens is 1. The highest BCUT2D eigenvalue weighted by molar-refractivity contribution is 6.42. The Bertz CT molecular complexity index is 625. The fourth-order valence-electron chi connectivity index (χ4n) is 1.56. The van der Waals surface area contributed by atoms with E-state index in [4.69, 9.17) is 34.8 Å². The van der Waals surface area contributed by atoms with Crippen LogP contribution in [0.15, 0.2) is 29.1 Å². The molecule has 0 aliphatic rings. The van der Waals surface area contributed by atoms with E-state index in [2.05, 4.69) is 9.97 Å². The van der Waals surface area contributed by atoms with Gasteiger partial charge in [-0.15, -0.1) is 11.6 Å². The maximum absolute atomic E-state index is 11.4.